The van der Waals surface area contributed by atoms with Gasteiger partial charge in [0, 0.05) is 13.2 Å². The lowest BCUT2D eigenvalue weighted by Crippen LogP contribution is -2.58. The molecule has 0 aliphatic carbocycles. The SMILES string of the molecule is NC1=NC(=O)N(Cc2ccccc2)C12CCCOC2. The third-order valence-electron chi connectivity index (χ3n) is 3.84. The van der Waals surface area contributed by atoms with Crippen molar-refractivity contribution in [3.8, 4) is 0 Å². The largest absolute Gasteiger partial charge is 0.385 e. The van der Waals surface area contributed by atoms with Crippen molar-refractivity contribution in [2.24, 2.45) is 10.7 Å². The van der Waals surface area contributed by atoms with Gasteiger partial charge < -0.3 is 15.4 Å². The Balaban J connectivity index is 1.88. The Labute approximate surface area is 112 Å². The first-order valence-electron chi connectivity index (χ1n) is 6.50. The second-order valence-electron chi connectivity index (χ2n) is 5.04. The molecule has 19 heavy (non-hydrogen) atoms. The molecule has 0 radical (unpaired) electrons. The molecule has 2 N–H and O–H groups in total. The molecule has 3 rings (SSSR count). The molecule has 1 aromatic carbocycles. The fraction of sp³-hybridized carbons (Fsp3) is 0.429. The number of nitrogens with zero attached hydrogens (tertiary/aromatic N) is 2. The lowest BCUT2D eigenvalue weighted by Gasteiger charge is -2.40. The first-order chi connectivity index (χ1) is 9.22. The van der Waals surface area contributed by atoms with Gasteiger partial charge >= 0.3 is 6.03 Å². The minimum Gasteiger partial charge on any atom is -0.385 e. The summed E-state index contributed by atoms with van der Waals surface area (Å²) in [5.41, 5.74) is 6.52. The van der Waals surface area contributed by atoms with Gasteiger partial charge in [0.05, 0.1) is 6.61 Å². The first-order valence-corrected chi connectivity index (χ1v) is 6.50. The Bertz CT molecular complexity index is 507. The topological polar surface area (TPSA) is 67.9 Å². The lowest BCUT2D eigenvalue weighted by molar-refractivity contribution is 0.00728. The number of carbonyl (C=O) groups is 1. The quantitative estimate of drug-likeness (QED) is 0.875. The Hall–Kier alpha value is -1.88. The van der Waals surface area contributed by atoms with Crippen LogP contribution in [0.1, 0.15) is 18.4 Å². The fourth-order valence-electron chi connectivity index (χ4n) is 2.77. The summed E-state index contributed by atoms with van der Waals surface area (Å²) < 4.78 is 5.54. The first kappa shape index (κ1) is 12.2. The molecule has 0 aromatic heterocycles. The summed E-state index contributed by atoms with van der Waals surface area (Å²) in [4.78, 5) is 17.8. The molecule has 1 atom stereocenters. The van der Waals surface area contributed by atoms with Crippen LogP contribution in [0.25, 0.3) is 0 Å². The Morgan fingerprint density at radius 1 is 1.37 bits per heavy atom. The van der Waals surface area contributed by atoms with Gasteiger partial charge in [-0.15, -0.1) is 0 Å². The molecule has 2 heterocycles. The van der Waals surface area contributed by atoms with Crippen molar-refractivity contribution >= 4 is 11.9 Å². The van der Waals surface area contributed by atoms with Crippen LogP contribution in [0.2, 0.25) is 0 Å². The minimum absolute atomic E-state index is 0.258. The highest BCUT2D eigenvalue weighted by atomic mass is 16.5. The van der Waals surface area contributed by atoms with Crippen molar-refractivity contribution in [3.05, 3.63) is 35.9 Å². The number of aliphatic imine (C=N–C) groups is 1. The van der Waals surface area contributed by atoms with Crippen molar-refractivity contribution in [3.63, 3.8) is 0 Å². The maximum absolute atomic E-state index is 12.1. The van der Waals surface area contributed by atoms with Crippen molar-refractivity contribution in [2.75, 3.05) is 13.2 Å². The van der Waals surface area contributed by atoms with Gasteiger partial charge in [-0.2, -0.15) is 4.99 Å². The van der Waals surface area contributed by atoms with E-state index >= 15 is 0 Å². The van der Waals surface area contributed by atoms with Crippen LogP contribution < -0.4 is 5.73 Å². The molecule has 100 valence electrons. The van der Waals surface area contributed by atoms with Crippen LogP contribution in [-0.2, 0) is 11.3 Å². The summed E-state index contributed by atoms with van der Waals surface area (Å²) in [5, 5.41) is 0. The van der Waals surface area contributed by atoms with Crippen LogP contribution in [0, 0.1) is 0 Å². The average Bonchev–Trinajstić information content (AvgIpc) is 2.66. The van der Waals surface area contributed by atoms with E-state index in [4.69, 9.17) is 10.5 Å². The summed E-state index contributed by atoms with van der Waals surface area (Å²) in [7, 11) is 0. The molecule has 0 saturated carbocycles. The Morgan fingerprint density at radius 3 is 2.84 bits per heavy atom. The molecule has 1 fully saturated rings. The number of benzene rings is 1. The lowest BCUT2D eigenvalue weighted by atomic mass is 9.90. The van der Waals surface area contributed by atoms with Crippen LogP contribution in [0.3, 0.4) is 0 Å². The summed E-state index contributed by atoms with van der Waals surface area (Å²) >= 11 is 0. The Morgan fingerprint density at radius 2 is 2.16 bits per heavy atom. The maximum atomic E-state index is 12.1. The molecular weight excluding hydrogens is 242 g/mol. The molecule has 1 saturated heterocycles. The zero-order valence-electron chi connectivity index (χ0n) is 10.7. The van der Waals surface area contributed by atoms with Gasteiger partial charge in [0.25, 0.3) is 0 Å². The molecule has 1 unspecified atom stereocenters. The Kier molecular flexibility index (Phi) is 2.98. The number of hydrogen-bond donors (Lipinski definition) is 1. The van der Waals surface area contributed by atoms with Crippen LogP contribution >= 0.6 is 0 Å². The van der Waals surface area contributed by atoms with E-state index in [9.17, 15) is 4.79 Å². The van der Waals surface area contributed by atoms with E-state index in [-0.39, 0.29) is 6.03 Å². The number of urea groups is 1. The summed E-state index contributed by atoms with van der Waals surface area (Å²) in [6.07, 6.45) is 1.72. The monoisotopic (exact) mass is 259 g/mol. The van der Waals surface area contributed by atoms with E-state index in [0.717, 1.165) is 25.0 Å². The van der Waals surface area contributed by atoms with E-state index in [1.807, 2.05) is 30.3 Å². The summed E-state index contributed by atoms with van der Waals surface area (Å²) in [6.45, 7) is 1.69. The van der Waals surface area contributed by atoms with E-state index < -0.39 is 5.54 Å². The number of amidine groups is 1. The van der Waals surface area contributed by atoms with Crippen molar-refractivity contribution < 1.29 is 9.53 Å². The van der Waals surface area contributed by atoms with E-state index in [2.05, 4.69) is 4.99 Å². The predicted octanol–water partition coefficient (Wildman–Crippen LogP) is 1.53. The molecule has 1 aromatic rings. The second-order valence-corrected chi connectivity index (χ2v) is 5.04. The van der Waals surface area contributed by atoms with Gasteiger partial charge in [-0.25, -0.2) is 4.79 Å². The average molecular weight is 259 g/mol. The third kappa shape index (κ3) is 2.00. The van der Waals surface area contributed by atoms with Gasteiger partial charge in [-0.1, -0.05) is 30.3 Å². The van der Waals surface area contributed by atoms with Crippen molar-refractivity contribution in [1.29, 1.82) is 0 Å². The van der Waals surface area contributed by atoms with Crippen LogP contribution in [-0.4, -0.2) is 35.5 Å². The highest BCUT2D eigenvalue weighted by Crippen LogP contribution is 2.33. The molecule has 2 aliphatic rings. The number of amides is 2. The van der Waals surface area contributed by atoms with Gasteiger partial charge in [0.2, 0.25) is 0 Å². The molecule has 1 spiro atoms. The second kappa shape index (κ2) is 4.66. The number of rotatable bonds is 2. The van der Waals surface area contributed by atoms with E-state index in [0.29, 0.717) is 19.0 Å². The van der Waals surface area contributed by atoms with Gasteiger partial charge in [0.1, 0.15) is 11.4 Å². The standard InChI is InChI=1S/C14H17N3O2/c15-12-14(7-4-8-19-10-14)17(13(18)16-12)9-11-5-2-1-3-6-11/h1-3,5-6H,4,7-10H2,(H2,15,16,18). The predicted molar refractivity (Wildman–Crippen MR) is 71.8 cm³/mol. The number of carbonyl (C=O) groups excluding carboxylic acids is 1. The molecule has 2 aliphatic heterocycles. The van der Waals surface area contributed by atoms with Crippen LogP contribution in [0.15, 0.2) is 35.3 Å². The van der Waals surface area contributed by atoms with Crippen LogP contribution in [0.5, 0.6) is 0 Å². The maximum Gasteiger partial charge on any atom is 0.346 e. The normalized spacial score (nSPS) is 26.8. The molecule has 2 amide bonds. The molecule has 5 heteroatoms. The van der Waals surface area contributed by atoms with Gasteiger partial charge in [0.15, 0.2) is 0 Å². The van der Waals surface area contributed by atoms with Gasteiger partial charge in [-0.05, 0) is 18.4 Å². The molecule has 0 bridgehead atoms. The number of ether oxygens (including phenoxy) is 1. The van der Waals surface area contributed by atoms with Crippen LogP contribution in [0.4, 0.5) is 4.79 Å². The summed E-state index contributed by atoms with van der Waals surface area (Å²) in [5.74, 6) is 0.396. The minimum atomic E-state index is -0.537. The van der Waals surface area contributed by atoms with Crippen molar-refractivity contribution in [2.45, 2.75) is 24.9 Å². The highest BCUT2D eigenvalue weighted by molar-refractivity contribution is 6.06. The third-order valence-corrected chi connectivity index (χ3v) is 3.84. The zero-order valence-corrected chi connectivity index (χ0v) is 10.7. The molecular formula is C14H17N3O2. The fourth-order valence-corrected chi connectivity index (χ4v) is 2.77. The number of hydrogen-bond acceptors (Lipinski definition) is 3. The van der Waals surface area contributed by atoms with E-state index in [1.54, 1.807) is 4.90 Å². The zero-order chi connectivity index (χ0) is 13.3. The molecule has 5 nitrogen and oxygen atoms in total. The van der Waals surface area contributed by atoms with Crippen molar-refractivity contribution in [1.82, 2.24) is 4.90 Å². The smallest absolute Gasteiger partial charge is 0.346 e. The summed E-state index contributed by atoms with van der Waals surface area (Å²) in [6, 6.07) is 9.62. The highest BCUT2D eigenvalue weighted by Gasteiger charge is 2.49. The number of nitrogens with two attached hydrogens (primary N) is 1. The van der Waals surface area contributed by atoms with E-state index in [1.165, 1.54) is 0 Å². The van der Waals surface area contributed by atoms with Gasteiger partial charge in [-0.3, -0.25) is 0 Å².